The van der Waals surface area contributed by atoms with E-state index in [1.165, 1.54) is 19.2 Å². The van der Waals surface area contributed by atoms with Crippen LogP contribution in [0.2, 0.25) is 0 Å². The smallest absolute Gasteiger partial charge is 0.254 e. The summed E-state index contributed by atoms with van der Waals surface area (Å²) in [6, 6.07) is 3.80. The Morgan fingerprint density at radius 3 is 2.84 bits per heavy atom. The summed E-state index contributed by atoms with van der Waals surface area (Å²) in [4.78, 5) is 41.5. The standard InChI is InChI=1S/C26H29FN6O4/c1-36-22-7-6-16(13-19(22)27)26(35)33-11-5-3-2-4-8-30-24(34)18-12-17(14-21(18)33)25-31-23(32-37-25)20-15-28-9-10-29-20/h6-7,9-10,13,15,17-18,21H,2-5,8,11-12,14H2,1H3,(H,30,34)/t17-,18-,21+/m1/s1. The zero-order chi connectivity index (χ0) is 25.8. The molecule has 10 nitrogen and oxygen atoms in total. The molecule has 1 aromatic carbocycles. The van der Waals surface area contributed by atoms with Crippen LogP contribution in [0.25, 0.3) is 11.5 Å². The number of halogens is 1. The Morgan fingerprint density at radius 1 is 1.19 bits per heavy atom. The van der Waals surface area contributed by atoms with Crippen LogP contribution in [0.5, 0.6) is 5.75 Å². The summed E-state index contributed by atoms with van der Waals surface area (Å²) in [5.41, 5.74) is 0.709. The van der Waals surface area contributed by atoms with Crippen LogP contribution in [0.15, 0.2) is 41.3 Å². The predicted molar refractivity (Wildman–Crippen MR) is 130 cm³/mol. The Bertz CT molecular complexity index is 1250. The quantitative estimate of drug-likeness (QED) is 0.569. The van der Waals surface area contributed by atoms with E-state index in [-0.39, 0.29) is 29.0 Å². The fourth-order valence-corrected chi connectivity index (χ4v) is 5.25. The van der Waals surface area contributed by atoms with Crippen molar-refractivity contribution in [1.82, 2.24) is 30.3 Å². The molecule has 2 aliphatic rings. The Labute approximate surface area is 213 Å². The van der Waals surface area contributed by atoms with Crippen LogP contribution in [0.4, 0.5) is 4.39 Å². The van der Waals surface area contributed by atoms with Crippen LogP contribution in [-0.4, -0.2) is 63.1 Å². The topological polar surface area (TPSA) is 123 Å². The minimum absolute atomic E-state index is 0.0717. The minimum Gasteiger partial charge on any atom is -0.494 e. The Morgan fingerprint density at radius 2 is 2.05 bits per heavy atom. The van der Waals surface area contributed by atoms with Crippen molar-refractivity contribution in [3.8, 4) is 17.3 Å². The van der Waals surface area contributed by atoms with Gasteiger partial charge in [0.05, 0.1) is 19.2 Å². The van der Waals surface area contributed by atoms with Gasteiger partial charge in [0, 0.05) is 43.0 Å². The number of fused-ring (bicyclic) bond motifs is 1. The first-order valence-electron chi connectivity index (χ1n) is 12.6. The third-order valence-corrected chi connectivity index (χ3v) is 7.13. The molecule has 1 aliphatic carbocycles. The molecule has 0 spiro atoms. The summed E-state index contributed by atoms with van der Waals surface area (Å²) in [5, 5.41) is 7.09. The molecule has 3 aromatic rings. The maximum Gasteiger partial charge on any atom is 0.254 e. The third-order valence-electron chi connectivity index (χ3n) is 7.13. The van der Waals surface area contributed by atoms with Gasteiger partial charge in [0.15, 0.2) is 11.6 Å². The number of methoxy groups -OCH3 is 1. The van der Waals surface area contributed by atoms with Crippen LogP contribution in [0.3, 0.4) is 0 Å². The first kappa shape index (κ1) is 24.8. The van der Waals surface area contributed by atoms with E-state index < -0.39 is 17.8 Å². The van der Waals surface area contributed by atoms with Crippen molar-refractivity contribution in [2.75, 3.05) is 20.2 Å². The minimum atomic E-state index is -0.604. The maximum absolute atomic E-state index is 14.5. The van der Waals surface area contributed by atoms with Gasteiger partial charge in [-0.05, 0) is 43.9 Å². The molecule has 2 fully saturated rings. The van der Waals surface area contributed by atoms with Crippen LogP contribution < -0.4 is 10.1 Å². The van der Waals surface area contributed by atoms with E-state index in [1.807, 2.05) is 0 Å². The van der Waals surface area contributed by atoms with E-state index >= 15 is 0 Å². The van der Waals surface area contributed by atoms with Gasteiger partial charge < -0.3 is 19.5 Å². The van der Waals surface area contributed by atoms with Crippen LogP contribution >= 0.6 is 0 Å². The van der Waals surface area contributed by atoms with E-state index in [2.05, 4.69) is 25.4 Å². The molecule has 1 saturated carbocycles. The Hall–Kier alpha value is -3.89. The lowest BCUT2D eigenvalue weighted by molar-refractivity contribution is -0.126. The fourth-order valence-electron chi connectivity index (χ4n) is 5.25. The van der Waals surface area contributed by atoms with Gasteiger partial charge >= 0.3 is 0 Å². The number of benzene rings is 1. The summed E-state index contributed by atoms with van der Waals surface area (Å²) in [5.74, 6) is -0.891. The molecule has 11 heteroatoms. The van der Waals surface area contributed by atoms with Crippen molar-refractivity contribution in [3.05, 3.63) is 54.1 Å². The molecule has 3 atom stereocenters. The number of ether oxygens (including phenoxy) is 1. The van der Waals surface area contributed by atoms with Gasteiger partial charge in [-0.3, -0.25) is 14.6 Å². The number of carbonyl (C=O) groups is 2. The summed E-state index contributed by atoms with van der Waals surface area (Å²) in [6.45, 7) is 1.07. The zero-order valence-electron chi connectivity index (χ0n) is 20.6. The second-order valence-electron chi connectivity index (χ2n) is 9.44. The molecule has 0 radical (unpaired) electrons. The van der Waals surface area contributed by atoms with E-state index in [9.17, 15) is 14.0 Å². The molecule has 3 heterocycles. The first-order chi connectivity index (χ1) is 18.0. The molecule has 0 unspecified atom stereocenters. The fraction of sp³-hybridized carbons (Fsp3) is 0.462. The number of nitrogens with zero attached hydrogens (tertiary/aromatic N) is 5. The summed E-state index contributed by atoms with van der Waals surface area (Å²) < 4.78 is 25.0. The van der Waals surface area contributed by atoms with Crippen molar-refractivity contribution in [3.63, 3.8) is 0 Å². The molecule has 1 aliphatic heterocycles. The summed E-state index contributed by atoms with van der Waals surface area (Å²) in [7, 11) is 1.38. The van der Waals surface area contributed by atoms with Crippen molar-refractivity contribution >= 4 is 11.8 Å². The molecule has 194 valence electrons. The van der Waals surface area contributed by atoms with Crippen molar-refractivity contribution in [1.29, 1.82) is 0 Å². The molecule has 2 aromatic heterocycles. The summed E-state index contributed by atoms with van der Waals surface area (Å²) in [6.07, 6.45) is 9.17. The number of carbonyl (C=O) groups excluding carboxylic acids is 2. The highest BCUT2D eigenvalue weighted by Gasteiger charge is 2.45. The SMILES string of the molecule is COc1ccc(C(=O)N2CCCCCCNC(=O)[C@@H]3C[C@@H](c4nc(-c5cnccn5)no4)C[C@@H]32)cc1F. The number of hydrogen-bond acceptors (Lipinski definition) is 8. The largest absolute Gasteiger partial charge is 0.494 e. The van der Waals surface area contributed by atoms with Crippen LogP contribution in [-0.2, 0) is 4.79 Å². The molecule has 0 bridgehead atoms. The van der Waals surface area contributed by atoms with Gasteiger partial charge in [0.2, 0.25) is 17.6 Å². The van der Waals surface area contributed by atoms with Gasteiger partial charge in [-0.1, -0.05) is 18.0 Å². The lowest BCUT2D eigenvalue weighted by atomic mass is 9.99. The zero-order valence-corrected chi connectivity index (χ0v) is 20.6. The third kappa shape index (κ3) is 5.30. The second-order valence-corrected chi connectivity index (χ2v) is 9.44. The number of amides is 2. The molecule has 1 saturated heterocycles. The highest BCUT2D eigenvalue weighted by atomic mass is 19.1. The van der Waals surface area contributed by atoms with Crippen LogP contribution in [0.1, 0.15) is 60.7 Å². The molecule has 5 rings (SSSR count). The first-order valence-corrected chi connectivity index (χ1v) is 12.6. The number of rotatable bonds is 4. The Balaban J connectivity index is 1.45. The molecular formula is C26H29FN6O4. The molecule has 1 N–H and O–H groups in total. The van der Waals surface area contributed by atoms with Crippen molar-refractivity contribution in [2.24, 2.45) is 5.92 Å². The highest BCUT2D eigenvalue weighted by molar-refractivity contribution is 5.95. The van der Waals surface area contributed by atoms with Crippen molar-refractivity contribution in [2.45, 2.75) is 50.5 Å². The highest BCUT2D eigenvalue weighted by Crippen LogP contribution is 2.42. The monoisotopic (exact) mass is 508 g/mol. The van der Waals surface area contributed by atoms with E-state index in [0.29, 0.717) is 43.3 Å². The predicted octanol–water partition coefficient (Wildman–Crippen LogP) is 3.37. The van der Waals surface area contributed by atoms with Gasteiger partial charge in [0.1, 0.15) is 5.69 Å². The van der Waals surface area contributed by atoms with E-state index in [1.54, 1.807) is 29.6 Å². The van der Waals surface area contributed by atoms with Crippen molar-refractivity contribution < 1.29 is 23.2 Å². The maximum atomic E-state index is 14.5. The Kier molecular flexibility index (Phi) is 7.38. The number of nitrogens with one attached hydrogen (secondary N) is 1. The van der Waals surface area contributed by atoms with Crippen LogP contribution in [0, 0.1) is 11.7 Å². The number of aromatic nitrogens is 4. The molecule has 37 heavy (non-hydrogen) atoms. The second kappa shape index (κ2) is 11.0. The van der Waals surface area contributed by atoms with Gasteiger partial charge in [0.25, 0.3) is 5.91 Å². The van der Waals surface area contributed by atoms with Gasteiger partial charge in [-0.25, -0.2) is 9.37 Å². The van der Waals surface area contributed by atoms with E-state index in [0.717, 1.165) is 25.7 Å². The molecular weight excluding hydrogens is 479 g/mol. The lowest BCUT2D eigenvalue weighted by Gasteiger charge is -2.32. The van der Waals surface area contributed by atoms with E-state index in [4.69, 9.17) is 9.26 Å². The van der Waals surface area contributed by atoms with Gasteiger partial charge in [-0.15, -0.1) is 0 Å². The average molecular weight is 509 g/mol. The lowest BCUT2D eigenvalue weighted by Crippen LogP contribution is -2.47. The average Bonchev–Trinajstić information content (AvgIpc) is 3.58. The van der Waals surface area contributed by atoms with Gasteiger partial charge in [-0.2, -0.15) is 4.98 Å². The number of hydrogen-bond donors (Lipinski definition) is 1. The molecule has 2 amide bonds. The summed E-state index contributed by atoms with van der Waals surface area (Å²) >= 11 is 0. The normalized spacial score (nSPS) is 22.6.